The molecule has 0 spiro atoms. The number of hydrogen-bond donors (Lipinski definition) is 2. The van der Waals surface area contributed by atoms with Gasteiger partial charge in [-0.1, -0.05) is 25.5 Å². The largest absolute Gasteiger partial charge is 0.497 e. The molecule has 2 aromatic rings. The number of ether oxygens (including phenoxy) is 1. The van der Waals surface area contributed by atoms with Crippen molar-refractivity contribution in [2.24, 2.45) is 0 Å². The van der Waals surface area contributed by atoms with Crippen LogP contribution in [0, 0.1) is 0 Å². The molecule has 0 saturated carbocycles. The van der Waals surface area contributed by atoms with Crippen LogP contribution in [0.3, 0.4) is 0 Å². The van der Waals surface area contributed by atoms with Crippen LogP contribution < -0.4 is 15.4 Å². The van der Waals surface area contributed by atoms with E-state index >= 15 is 0 Å². The fourth-order valence-electron chi connectivity index (χ4n) is 2.28. The third-order valence-electron chi connectivity index (χ3n) is 3.70. The molecule has 2 rings (SSSR count). The predicted molar refractivity (Wildman–Crippen MR) is 96.7 cm³/mol. The summed E-state index contributed by atoms with van der Waals surface area (Å²) < 4.78 is 5.20. The van der Waals surface area contributed by atoms with Crippen LogP contribution in [0.4, 0.5) is 5.82 Å². The van der Waals surface area contributed by atoms with E-state index in [0.717, 1.165) is 42.9 Å². The molecule has 0 saturated heterocycles. The number of pyridine rings is 1. The lowest BCUT2D eigenvalue weighted by Gasteiger charge is -2.08. The Bertz CT molecular complexity index is 641. The van der Waals surface area contributed by atoms with E-state index in [1.54, 1.807) is 19.4 Å². The van der Waals surface area contributed by atoms with E-state index < -0.39 is 0 Å². The zero-order chi connectivity index (χ0) is 17.2. The van der Waals surface area contributed by atoms with Gasteiger partial charge in [0.1, 0.15) is 11.6 Å². The Morgan fingerprint density at radius 2 is 2.08 bits per heavy atom. The number of methoxy groups -OCH3 is 1. The van der Waals surface area contributed by atoms with Crippen LogP contribution in [0.2, 0.25) is 0 Å². The minimum absolute atomic E-state index is 0.106. The lowest BCUT2D eigenvalue weighted by Crippen LogP contribution is -2.25. The smallest absolute Gasteiger partial charge is 0.252 e. The summed E-state index contributed by atoms with van der Waals surface area (Å²) >= 11 is 0. The number of aromatic nitrogens is 1. The summed E-state index contributed by atoms with van der Waals surface area (Å²) in [6.45, 7) is 3.62. The Balaban J connectivity index is 1.79. The average Bonchev–Trinajstić information content (AvgIpc) is 2.62. The topological polar surface area (TPSA) is 63.2 Å². The van der Waals surface area contributed by atoms with E-state index in [1.165, 1.54) is 0 Å². The van der Waals surface area contributed by atoms with Crippen LogP contribution in [-0.2, 0) is 6.42 Å². The molecular formula is C19H25N3O2. The minimum atomic E-state index is -0.106. The van der Waals surface area contributed by atoms with Gasteiger partial charge in [0.05, 0.1) is 12.7 Å². The minimum Gasteiger partial charge on any atom is -0.497 e. The third kappa shape index (κ3) is 5.57. The van der Waals surface area contributed by atoms with Gasteiger partial charge in [-0.15, -0.1) is 0 Å². The van der Waals surface area contributed by atoms with E-state index in [9.17, 15) is 4.79 Å². The van der Waals surface area contributed by atoms with Gasteiger partial charge >= 0.3 is 0 Å². The lowest BCUT2D eigenvalue weighted by atomic mass is 10.1. The number of hydrogen-bond acceptors (Lipinski definition) is 4. The van der Waals surface area contributed by atoms with E-state index in [1.807, 2.05) is 30.3 Å². The van der Waals surface area contributed by atoms with Gasteiger partial charge in [0.15, 0.2) is 0 Å². The SMILES string of the molecule is CCCCNc1ccc(C(=O)NCCc2cccc(OC)c2)cn1. The Hall–Kier alpha value is -2.56. The molecule has 24 heavy (non-hydrogen) atoms. The first-order valence-corrected chi connectivity index (χ1v) is 8.34. The van der Waals surface area contributed by atoms with Crippen molar-refractivity contribution >= 4 is 11.7 Å². The Labute approximate surface area is 143 Å². The summed E-state index contributed by atoms with van der Waals surface area (Å²) in [4.78, 5) is 16.4. The molecule has 2 N–H and O–H groups in total. The van der Waals surface area contributed by atoms with Gasteiger partial charge in [-0.25, -0.2) is 4.98 Å². The zero-order valence-electron chi connectivity index (χ0n) is 14.3. The van der Waals surface area contributed by atoms with E-state index in [-0.39, 0.29) is 5.91 Å². The van der Waals surface area contributed by atoms with Crippen molar-refractivity contribution < 1.29 is 9.53 Å². The van der Waals surface area contributed by atoms with Crippen LogP contribution in [0.15, 0.2) is 42.6 Å². The second kappa shape index (κ2) is 9.55. The highest BCUT2D eigenvalue weighted by atomic mass is 16.5. The fraction of sp³-hybridized carbons (Fsp3) is 0.368. The van der Waals surface area contributed by atoms with E-state index in [4.69, 9.17) is 4.74 Å². The van der Waals surface area contributed by atoms with Crippen LogP contribution in [-0.4, -0.2) is 31.1 Å². The summed E-state index contributed by atoms with van der Waals surface area (Å²) in [5.74, 6) is 1.52. The van der Waals surface area contributed by atoms with Crippen LogP contribution in [0.1, 0.15) is 35.7 Å². The molecule has 0 unspecified atom stereocenters. The van der Waals surface area contributed by atoms with Crippen molar-refractivity contribution in [3.8, 4) is 5.75 Å². The summed E-state index contributed by atoms with van der Waals surface area (Å²) in [7, 11) is 1.65. The molecule has 0 bridgehead atoms. The van der Waals surface area contributed by atoms with Crippen molar-refractivity contribution in [3.63, 3.8) is 0 Å². The van der Waals surface area contributed by atoms with Crippen LogP contribution >= 0.6 is 0 Å². The Morgan fingerprint density at radius 1 is 1.21 bits per heavy atom. The molecule has 128 valence electrons. The quantitative estimate of drug-likeness (QED) is 0.694. The first-order chi connectivity index (χ1) is 11.7. The first kappa shape index (κ1) is 17.8. The molecule has 0 aliphatic rings. The molecular weight excluding hydrogens is 302 g/mol. The number of rotatable bonds is 9. The summed E-state index contributed by atoms with van der Waals surface area (Å²) in [5, 5.41) is 6.15. The molecule has 0 atom stereocenters. The number of carbonyl (C=O) groups is 1. The lowest BCUT2D eigenvalue weighted by molar-refractivity contribution is 0.0954. The van der Waals surface area contributed by atoms with Gasteiger partial charge in [0, 0.05) is 19.3 Å². The van der Waals surface area contributed by atoms with Crippen molar-refractivity contribution in [1.82, 2.24) is 10.3 Å². The average molecular weight is 327 g/mol. The molecule has 0 aliphatic carbocycles. The Morgan fingerprint density at radius 3 is 2.79 bits per heavy atom. The monoisotopic (exact) mass is 327 g/mol. The fourth-order valence-corrected chi connectivity index (χ4v) is 2.28. The highest BCUT2D eigenvalue weighted by Crippen LogP contribution is 2.12. The van der Waals surface area contributed by atoms with E-state index in [2.05, 4.69) is 22.5 Å². The number of anilines is 1. The number of nitrogens with one attached hydrogen (secondary N) is 2. The van der Waals surface area contributed by atoms with Gasteiger partial charge < -0.3 is 15.4 Å². The van der Waals surface area contributed by atoms with E-state index in [0.29, 0.717) is 12.1 Å². The molecule has 1 amide bonds. The number of carbonyl (C=O) groups excluding carboxylic acids is 1. The van der Waals surface area contributed by atoms with Crippen LogP contribution in [0.5, 0.6) is 5.75 Å². The molecule has 0 radical (unpaired) electrons. The summed E-state index contributed by atoms with van der Waals surface area (Å²) in [6, 6.07) is 11.5. The van der Waals surface area contributed by atoms with Gasteiger partial charge in [-0.2, -0.15) is 0 Å². The number of nitrogens with zero attached hydrogens (tertiary/aromatic N) is 1. The van der Waals surface area contributed by atoms with Gasteiger partial charge in [-0.05, 0) is 42.7 Å². The molecule has 5 nitrogen and oxygen atoms in total. The second-order valence-corrected chi connectivity index (χ2v) is 5.57. The summed E-state index contributed by atoms with van der Waals surface area (Å²) in [6.07, 6.45) is 4.61. The number of benzene rings is 1. The van der Waals surface area contributed by atoms with Crippen LogP contribution in [0.25, 0.3) is 0 Å². The predicted octanol–water partition coefficient (Wildman–Crippen LogP) is 3.27. The third-order valence-corrected chi connectivity index (χ3v) is 3.70. The molecule has 0 fully saturated rings. The van der Waals surface area contributed by atoms with Gasteiger partial charge in [0.25, 0.3) is 5.91 Å². The van der Waals surface area contributed by atoms with Crippen molar-refractivity contribution in [1.29, 1.82) is 0 Å². The van der Waals surface area contributed by atoms with Crippen molar-refractivity contribution in [2.75, 3.05) is 25.5 Å². The van der Waals surface area contributed by atoms with Crippen molar-refractivity contribution in [3.05, 3.63) is 53.7 Å². The first-order valence-electron chi connectivity index (χ1n) is 8.34. The normalized spacial score (nSPS) is 10.2. The number of unbranched alkanes of at least 4 members (excludes halogenated alkanes) is 1. The second-order valence-electron chi connectivity index (χ2n) is 5.57. The summed E-state index contributed by atoms with van der Waals surface area (Å²) in [5.41, 5.74) is 1.70. The molecule has 1 aromatic carbocycles. The molecule has 1 aromatic heterocycles. The molecule has 1 heterocycles. The van der Waals surface area contributed by atoms with Gasteiger partial charge in [0.2, 0.25) is 0 Å². The maximum absolute atomic E-state index is 12.1. The number of amides is 1. The standard InChI is InChI=1S/C19H25N3O2/c1-3-4-11-20-18-9-8-16(14-22-18)19(23)21-12-10-15-6-5-7-17(13-15)24-2/h5-9,13-14H,3-4,10-12H2,1-2H3,(H,20,22)(H,21,23). The highest BCUT2D eigenvalue weighted by Gasteiger charge is 2.06. The Kier molecular flexibility index (Phi) is 7.08. The molecule has 0 aliphatic heterocycles. The zero-order valence-corrected chi connectivity index (χ0v) is 14.3. The maximum Gasteiger partial charge on any atom is 0.252 e. The maximum atomic E-state index is 12.1. The van der Waals surface area contributed by atoms with Crippen molar-refractivity contribution in [2.45, 2.75) is 26.2 Å². The highest BCUT2D eigenvalue weighted by molar-refractivity contribution is 5.94. The molecule has 5 heteroatoms. The van der Waals surface area contributed by atoms with Gasteiger partial charge in [-0.3, -0.25) is 4.79 Å².